The van der Waals surface area contributed by atoms with Crippen LogP contribution in [0.4, 0.5) is 23.7 Å². The Bertz CT molecular complexity index is 415. The van der Waals surface area contributed by atoms with Crippen LogP contribution < -0.4 is 10.6 Å². The lowest BCUT2D eigenvalue weighted by molar-refractivity contribution is 0.252. The van der Waals surface area contributed by atoms with Gasteiger partial charge in [-0.3, -0.25) is 0 Å². The van der Waals surface area contributed by atoms with Gasteiger partial charge in [-0.15, -0.1) is 11.6 Å². The highest BCUT2D eigenvalue weighted by molar-refractivity contribution is 6.17. The van der Waals surface area contributed by atoms with Crippen LogP contribution in [0.25, 0.3) is 0 Å². The Balaban J connectivity index is 2.63. The Morgan fingerprint density at radius 2 is 1.94 bits per heavy atom. The number of hydrogen-bond acceptors (Lipinski definition) is 1. The van der Waals surface area contributed by atoms with Gasteiger partial charge >= 0.3 is 6.03 Å². The molecule has 0 aliphatic rings. The van der Waals surface area contributed by atoms with Crippen molar-refractivity contribution < 1.29 is 18.0 Å². The first-order chi connectivity index (χ1) is 8.06. The maximum atomic E-state index is 13.1. The van der Waals surface area contributed by atoms with Crippen molar-refractivity contribution in [2.45, 2.75) is 6.42 Å². The van der Waals surface area contributed by atoms with Crippen LogP contribution in [0, 0.1) is 17.5 Å². The van der Waals surface area contributed by atoms with Gasteiger partial charge in [0.1, 0.15) is 0 Å². The topological polar surface area (TPSA) is 41.1 Å². The molecule has 0 fully saturated rings. The summed E-state index contributed by atoms with van der Waals surface area (Å²) in [5.74, 6) is -3.99. The minimum Gasteiger partial charge on any atom is -0.338 e. The van der Waals surface area contributed by atoms with E-state index in [2.05, 4.69) is 10.6 Å². The standard InChI is InChI=1S/C10H10ClF3N2O/c11-4-1-5-15-10(17)16-7-3-2-6(12)8(13)9(7)14/h2-3H,1,4-5H2,(H2,15,16,17). The molecule has 17 heavy (non-hydrogen) atoms. The van der Waals surface area contributed by atoms with Crippen molar-refractivity contribution in [3.63, 3.8) is 0 Å². The smallest absolute Gasteiger partial charge is 0.319 e. The second kappa shape index (κ2) is 6.34. The summed E-state index contributed by atoms with van der Waals surface area (Å²) < 4.78 is 38.5. The molecule has 0 bridgehead atoms. The minimum absolute atomic E-state index is 0.306. The van der Waals surface area contributed by atoms with Gasteiger partial charge in [0.2, 0.25) is 0 Å². The molecule has 0 heterocycles. The van der Waals surface area contributed by atoms with Crippen molar-refractivity contribution in [3.05, 3.63) is 29.6 Å². The lowest BCUT2D eigenvalue weighted by Gasteiger charge is -2.08. The van der Waals surface area contributed by atoms with Crippen LogP contribution in [-0.2, 0) is 0 Å². The summed E-state index contributed by atoms with van der Waals surface area (Å²) in [5, 5.41) is 4.44. The zero-order chi connectivity index (χ0) is 12.8. The molecule has 0 radical (unpaired) electrons. The fourth-order valence-corrected chi connectivity index (χ4v) is 1.19. The SMILES string of the molecule is O=C(NCCCCl)Nc1ccc(F)c(F)c1F. The highest BCUT2D eigenvalue weighted by Crippen LogP contribution is 2.19. The molecule has 0 aromatic heterocycles. The lowest BCUT2D eigenvalue weighted by atomic mass is 10.3. The second-order valence-corrected chi connectivity index (χ2v) is 3.52. The summed E-state index contributed by atoms with van der Waals surface area (Å²) in [4.78, 5) is 11.2. The molecule has 0 unspecified atom stereocenters. The van der Waals surface area contributed by atoms with Crippen LogP contribution in [0.2, 0.25) is 0 Å². The van der Waals surface area contributed by atoms with Gasteiger partial charge in [-0.25, -0.2) is 18.0 Å². The van der Waals surface area contributed by atoms with E-state index in [9.17, 15) is 18.0 Å². The summed E-state index contributed by atoms with van der Waals surface area (Å²) in [5.41, 5.74) is -0.424. The van der Waals surface area contributed by atoms with E-state index in [-0.39, 0.29) is 0 Å². The molecule has 1 aromatic rings. The van der Waals surface area contributed by atoms with E-state index in [1.165, 1.54) is 0 Å². The van der Waals surface area contributed by atoms with E-state index < -0.39 is 29.2 Å². The predicted octanol–water partition coefficient (Wildman–Crippen LogP) is 2.85. The molecule has 1 aromatic carbocycles. The third-order valence-electron chi connectivity index (χ3n) is 1.88. The predicted molar refractivity (Wildman–Crippen MR) is 58.7 cm³/mol. The zero-order valence-corrected chi connectivity index (χ0v) is 9.45. The number of amides is 2. The summed E-state index contributed by atoms with van der Waals surface area (Å²) in [6.45, 7) is 0.306. The Kier molecular flexibility index (Phi) is 5.09. The molecular weight excluding hydrogens is 257 g/mol. The molecule has 0 saturated heterocycles. The molecule has 0 spiro atoms. The Morgan fingerprint density at radius 1 is 1.24 bits per heavy atom. The van der Waals surface area contributed by atoms with Gasteiger partial charge in [0.05, 0.1) is 5.69 Å². The molecule has 2 N–H and O–H groups in total. The minimum atomic E-state index is -1.62. The molecular formula is C10H10ClF3N2O. The monoisotopic (exact) mass is 266 g/mol. The molecule has 0 aliphatic carbocycles. The van der Waals surface area contributed by atoms with E-state index in [0.29, 0.717) is 18.8 Å². The molecule has 7 heteroatoms. The molecule has 1 rings (SSSR count). The van der Waals surface area contributed by atoms with Crippen LogP contribution in [0.1, 0.15) is 6.42 Å². The Labute approximate surface area is 101 Å². The number of hydrogen-bond donors (Lipinski definition) is 2. The average molecular weight is 267 g/mol. The first-order valence-electron chi connectivity index (χ1n) is 4.80. The number of urea groups is 1. The normalized spacial score (nSPS) is 10.1. The highest BCUT2D eigenvalue weighted by Gasteiger charge is 2.14. The van der Waals surface area contributed by atoms with E-state index in [0.717, 1.165) is 12.1 Å². The average Bonchev–Trinajstić information content (AvgIpc) is 2.30. The number of nitrogens with one attached hydrogen (secondary N) is 2. The van der Waals surface area contributed by atoms with E-state index in [1.807, 2.05) is 0 Å². The number of benzene rings is 1. The quantitative estimate of drug-likeness (QED) is 0.491. The molecule has 2 amide bonds. The van der Waals surface area contributed by atoms with Crippen molar-refractivity contribution in [2.24, 2.45) is 0 Å². The second-order valence-electron chi connectivity index (χ2n) is 3.15. The van der Waals surface area contributed by atoms with Crippen LogP contribution in [0.15, 0.2) is 12.1 Å². The highest BCUT2D eigenvalue weighted by atomic mass is 35.5. The molecule has 0 aliphatic heterocycles. The van der Waals surface area contributed by atoms with Crippen molar-refractivity contribution in [1.29, 1.82) is 0 Å². The number of carbonyl (C=O) groups excluding carboxylic acids is 1. The van der Waals surface area contributed by atoms with E-state index in [1.54, 1.807) is 0 Å². The van der Waals surface area contributed by atoms with Crippen molar-refractivity contribution in [3.8, 4) is 0 Å². The Morgan fingerprint density at radius 3 is 2.59 bits per heavy atom. The summed E-state index contributed by atoms with van der Waals surface area (Å²) in [6.07, 6.45) is 0.551. The summed E-state index contributed by atoms with van der Waals surface area (Å²) >= 11 is 5.39. The number of rotatable bonds is 4. The van der Waals surface area contributed by atoms with Gasteiger partial charge < -0.3 is 10.6 Å². The maximum Gasteiger partial charge on any atom is 0.319 e. The van der Waals surface area contributed by atoms with Gasteiger partial charge in [0.25, 0.3) is 0 Å². The van der Waals surface area contributed by atoms with Gasteiger partial charge in [-0.1, -0.05) is 0 Å². The third-order valence-corrected chi connectivity index (χ3v) is 2.15. The number of anilines is 1. The number of halogens is 4. The van der Waals surface area contributed by atoms with Crippen LogP contribution in [0.5, 0.6) is 0 Å². The van der Waals surface area contributed by atoms with Crippen LogP contribution in [0.3, 0.4) is 0 Å². The fourth-order valence-electron chi connectivity index (χ4n) is 1.06. The molecule has 3 nitrogen and oxygen atoms in total. The van der Waals surface area contributed by atoms with Crippen LogP contribution >= 0.6 is 11.6 Å². The van der Waals surface area contributed by atoms with Crippen molar-refractivity contribution in [2.75, 3.05) is 17.7 Å². The van der Waals surface area contributed by atoms with E-state index >= 15 is 0 Å². The maximum absolute atomic E-state index is 13.1. The van der Waals surface area contributed by atoms with Crippen molar-refractivity contribution >= 4 is 23.3 Å². The largest absolute Gasteiger partial charge is 0.338 e. The molecule has 0 atom stereocenters. The first kappa shape index (κ1) is 13.6. The zero-order valence-electron chi connectivity index (χ0n) is 8.70. The van der Waals surface area contributed by atoms with E-state index in [4.69, 9.17) is 11.6 Å². The Hall–Kier alpha value is -1.43. The summed E-state index contributed by atoms with van der Waals surface area (Å²) in [7, 11) is 0. The number of alkyl halides is 1. The fraction of sp³-hybridized carbons (Fsp3) is 0.300. The molecule has 94 valence electrons. The van der Waals surface area contributed by atoms with Gasteiger partial charge in [-0.2, -0.15) is 0 Å². The van der Waals surface area contributed by atoms with Gasteiger partial charge in [0.15, 0.2) is 17.5 Å². The summed E-state index contributed by atoms with van der Waals surface area (Å²) in [6, 6.07) is 0.960. The van der Waals surface area contributed by atoms with Crippen LogP contribution in [-0.4, -0.2) is 18.5 Å². The van der Waals surface area contributed by atoms with Gasteiger partial charge in [-0.05, 0) is 18.6 Å². The lowest BCUT2D eigenvalue weighted by Crippen LogP contribution is -2.30. The first-order valence-corrected chi connectivity index (χ1v) is 5.34. The van der Waals surface area contributed by atoms with Gasteiger partial charge in [0, 0.05) is 12.4 Å². The number of carbonyl (C=O) groups is 1. The third kappa shape index (κ3) is 3.81. The molecule has 0 saturated carbocycles. The van der Waals surface area contributed by atoms with Crippen molar-refractivity contribution in [1.82, 2.24) is 5.32 Å².